The van der Waals surface area contributed by atoms with Crippen molar-refractivity contribution in [2.75, 3.05) is 13.7 Å². The van der Waals surface area contributed by atoms with Gasteiger partial charge in [0.15, 0.2) is 0 Å². The lowest BCUT2D eigenvalue weighted by Gasteiger charge is -2.19. The Labute approximate surface area is 132 Å². The molecule has 0 spiro atoms. The van der Waals surface area contributed by atoms with Crippen LogP contribution in [0.25, 0.3) is 0 Å². The van der Waals surface area contributed by atoms with Gasteiger partial charge < -0.3 is 9.84 Å². The summed E-state index contributed by atoms with van der Waals surface area (Å²) in [5, 5.41) is 15.5. The summed E-state index contributed by atoms with van der Waals surface area (Å²) in [6.45, 7) is 0.228. The number of thiophene rings is 1. The molecule has 1 heterocycles. The molecule has 4 nitrogen and oxygen atoms in total. The van der Waals surface area contributed by atoms with Crippen LogP contribution in [0.4, 0.5) is 0 Å². The van der Waals surface area contributed by atoms with E-state index in [0.29, 0.717) is 10.6 Å². The van der Waals surface area contributed by atoms with Gasteiger partial charge in [0.25, 0.3) is 0 Å². The number of ether oxygens (including phenoxy) is 1. The summed E-state index contributed by atoms with van der Waals surface area (Å²) >= 11 is 7.59. The molecule has 0 radical (unpaired) electrons. The Kier molecular flexibility index (Phi) is 5.76. The predicted molar refractivity (Wildman–Crippen MR) is 83.5 cm³/mol. The normalized spacial score (nSPS) is 13.7. The number of benzene rings is 1. The van der Waals surface area contributed by atoms with Gasteiger partial charge in [0, 0.05) is 16.4 Å². The molecular formula is C15H16ClNO3S. The third kappa shape index (κ3) is 4.04. The maximum atomic E-state index is 11.9. The topological polar surface area (TPSA) is 58.6 Å². The molecule has 1 aromatic carbocycles. The maximum Gasteiger partial charge on any atom is 0.327 e. The van der Waals surface area contributed by atoms with E-state index in [1.807, 2.05) is 17.5 Å². The van der Waals surface area contributed by atoms with Crippen LogP contribution in [0.3, 0.4) is 0 Å². The number of methoxy groups -OCH3 is 1. The molecule has 2 rings (SSSR count). The molecule has 2 aromatic rings. The van der Waals surface area contributed by atoms with E-state index in [1.54, 1.807) is 24.3 Å². The van der Waals surface area contributed by atoms with Gasteiger partial charge in [0.1, 0.15) is 12.1 Å². The largest absolute Gasteiger partial charge is 0.468 e. The molecular weight excluding hydrogens is 310 g/mol. The molecule has 0 fully saturated rings. The molecule has 0 saturated carbocycles. The lowest BCUT2D eigenvalue weighted by Crippen LogP contribution is -2.32. The number of carbonyl (C=O) groups is 1. The van der Waals surface area contributed by atoms with E-state index in [-0.39, 0.29) is 6.54 Å². The molecule has 0 bridgehead atoms. The Hall–Kier alpha value is -1.40. The Morgan fingerprint density at radius 1 is 1.38 bits per heavy atom. The summed E-state index contributed by atoms with van der Waals surface area (Å²) in [5.74, 6) is -0.443. The quantitative estimate of drug-likeness (QED) is 0.802. The van der Waals surface area contributed by atoms with Crippen LogP contribution in [-0.2, 0) is 9.53 Å². The molecule has 2 N–H and O–H groups in total. The molecule has 0 saturated heterocycles. The number of rotatable bonds is 6. The van der Waals surface area contributed by atoms with Crippen LogP contribution in [-0.4, -0.2) is 24.7 Å². The van der Waals surface area contributed by atoms with Crippen molar-refractivity contribution in [1.82, 2.24) is 5.32 Å². The second kappa shape index (κ2) is 7.56. The fourth-order valence-corrected chi connectivity index (χ4v) is 2.91. The van der Waals surface area contributed by atoms with E-state index in [4.69, 9.17) is 16.3 Å². The van der Waals surface area contributed by atoms with Crippen LogP contribution in [0.5, 0.6) is 0 Å². The van der Waals surface area contributed by atoms with E-state index in [9.17, 15) is 9.90 Å². The first kappa shape index (κ1) is 16.0. The number of hydrogen-bond acceptors (Lipinski definition) is 5. The number of carbonyl (C=O) groups excluding carboxylic acids is 1. The zero-order valence-corrected chi connectivity index (χ0v) is 13.0. The second-order valence-electron chi connectivity index (χ2n) is 4.42. The Morgan fingerprint density at radius 2 is 2.14 bits per heavy atom. The van der Waals surface area contributed by atoms with E-state index in [0.717, 1.165) is 4.88 Å². The minimum Gasteiger partial charge on any atom is -0.468 e. The van der Waals surface area contributed by atoms with E-state index in [2.05, 4.69) is 5.32 Å². The zero-order valence-electron chi connectivity index (χ0n) is 11.5. The SMILES string of the molecule is COC(=O)C(NCC(O)c1cccs1)c1ccccc1Cl. The lowest BCUT2D eigenvalue weighted by molar-refractivity contribution is -0.143. The molecule has 0 amide bonds. The van der Waals surface area contributed by atoms with Gasteiger partial charge in [-0.2, -0.15) is 0 Å². The number of halogens is 1. The summed E-state index contributed by atoms with van der Waals surface area (Å²) in [7, 11) is 1.32. The van der Waals surface area contributed by atoms with Crippen LogP contribution in [0.2, 0.25) is 5.02 Å². The Bertz CT molecular complexity index is 588. The van der Waals surface area contributed by atoms with Crippen LogP contribution < -0.4 is 5.32 Å². The smallest absolute Gasteiger partial charge is 0.327 e. The van der Waals surface area contributed by atoms with Crippen LogP contribution >= 0.6 is 22.9 Å². The minimum absolute atomic E-state index is 0.228. The molecule has 2 atom stereocenters. The van der Waals surface area contributed by atoms with Crippen LogP contribution in [0.1, 0.15) is 22.6 Å². The van der Waals surface area contributed by atoms with Crippen LogP contribution in [0, 0.1) is 0 Å². The highest BCUT2D eigenvalue weighted by Gasteiger charge is 2.24. The van der Waals surface area contributed by atoms with E-state index >= 15 is 0 Å². The number of nitrogens with one attached hydrogen (secondary N) is 1. The van der Waals surface area contributed by atoms with E-state index in [1.165, 1.54) is 18.4 Å². The van der Waals surface area contributed by atoms with Crippen molar-refractivity contribution in [2.45, 2.75) is 12.1 Å². The number of hydrogen-bond donors (Lipinski definition) is 2. The predicted octanol–water partition coefficient (Wildman–Crippen LogP) is 2.94. The molecule has 112 valence electrons. The van der Waals surface area contributed by atoms with Gasteiger partial charge in [-0.05, 0) is 23.1 Å². The zero-order chi connectivity index (χ0) is 15.2. The maximum absolute atomic E-state index is 11.9. The third-order valence-electron chi connectivity index (χ3n) is 3.04. The highest BCUT2D eigenvalue weighted by Crippen LogP contribution is 2.25. The third-order valence-corrected chi connectivity index (χ3v) is 4.36. The van der Waals surface area contributed by atoms with Gasteiger partial charge in [-0.1, -0.05) is 35.9 Å². The molecule has 1 aromatic heterocycles. The molecule has 0 aliphatic rings. The monoisotopic (exact) mass is 325 g/mol. The number of aliphatic hydroxyl groups excluding tert-OH is 1. The van der Waals surface area contributed by atoms with Crippen molar-refractivity contribution in [3.8, 4) is 0 Å². The molecule has 21 heavy (non-hydrogen) atoms. The summed E-state index contributed by atoms with van der Waals surface area (Å²) in [6, 6.07) is 10.1. The van der Waals surface area contributed by atoms with Gasteiger partial charge in [0.05, 0.1) is 7.11 Å². The van der Waals surface area contributed by atoms with Crippen molar-refractivity contribution < 1.29 is 14.6 Å². The van der Waals surface area contributed by atoms with Crippen molar-refractivity contribution >= 4 is 28.9 Å². The minimum atomic E-state index is -0.710. The summed E-state index contributed by atoms with van der Waals surface area (Å²) in [5.41, 5.74) is 0.629. The number of esters is 1. The van der Waals surface area contributed by atoms with Crippen molar-refractivity contribution in [3.63, 3.8) is 0 Å². The van der Waals surface area contributed by atoms with Crippen molar-refractivity contribution in [3.05, 3.63) is 57.2 Å². The average Bonchev–Trinajstić information content (AvgIpc) is 3.03. The lowest BCUT2D eigenvalue weighted by atomic mass is 10.1. The molecule has 0 aliphatic heterocycles. The molecule has 0 aliphatic carbocycles. The molecule has 6 heteroatoms. The van der Waals surface area contributed by atoms with Gasteiger partial charge >= 0.3 is 5.97 Å². The first-order valence-corrected chi connectivity index (χ1v) is 7.66. The number of aliphatic hydroxyl groups is 1. The summed E-state index contributed by atoms with van der Waals surface area (Å²) < 4.78 is 4.81. The first-order chi connectivity index (χ1) is 10.1. The van der Waals surface area contributed by atoms with Gasteiger partial charge in [0.2, 0.25) is 0 Å². The van der Waals surface area contributed by atoms with Gasteiger partial charge in [-0.3, -0.25) is 5.32 Å². The Balaban J connectivity index is 2.11. The summed E-state index contributed by atoms with van der Waals surface area (Å²) in [6.07, 6.45) is -0.681. The second-order valence-corrected chi connectivity index (χ2v) is 5.80. The average molecular weight is 326 g/mol. The van der Waals surface area contributed by atoms with Crippen LogP contribution in [0.15, 0.2) is 41.8 Å². The fraction of sp³-hybridized carbons (Fsp3) is 0.267. The highest BCUT2D eigenvalue weighted by atomic mass is 35.5. The van der Waals surface area contributed by atoms with Crippen molar-refractivity contribution in [1.29, 1.82) is 0 Å². The molecule has 2 unspecified atom stereocenters. The fourth-order valence-electron chi connectivity index (χ4n) is 1.96. The van der Waals surface area contributed by atoms with Gasteiger partial charge in [-0.15, -0.1) is 11.3 Å². The van der Waals surface area contributed by atoms with Crippen molar-refractivity contribution in [2.24, 2.45) is 0 Å². The highest BCUT2D eigenvalue weighted by molar-refractivity contribution is 7.10. The standard InChI is InChI=1S/C15H16ClNO3S/c1-20-15(19)14(10-5-2-3-6-11(10)16)17-9-12(18)13-7-4-8-21-13/h2-8,12,14,17-18H,9H2,1H3. The first-order valence-electron chi connectivity index (χ1n) is 6.40. The van der Waals surface area contributed by atoms with E-state index < -0.39 is 18.1 Å². The summed E-state index contributed by atoms with van der Waals surface area (Å²) in [4.78, 5) is 12.8. The van der Waals surface area contributed by atoms with Gasteiger partial charge in [-0.25, -0.2) is 4.79 Å². The Morgan fingerprint density at radius 3 is 2.76 bits per heavy atom.